The molecule has 0 fully saturated rings. The SMILES string of the molecule is Nc1ccc2ccc(OC(F)(F)F)cc2n1. The van der Waals surface area contributed by atoms with Crippen LogP contribution in [0.25, 0.3) is 10.9 Å². The minimum atomic E-state index is -4.70. The molecule has 0 saturated heterocycles. The number of hydrogen-bond donors (Lipinski definition) is 1. The van der Waals surface area contributed by atoms with Gasteiger partial charge in [0.05, 0.1) is 5.52 Å². The number of hydrogen-bond acceptors (Lipinski definition) is 3. The van der Waals surface area contributed by atoms with Gasteiger partial charge in [-0.3, -0.25) is 0 Å². The highest BCUT2D eigenvalue weighted by atomic mass is 19.4. The molecule has 0 amide bonds. The Labute approximate surface area is 88.6 Å². The van der Waals surface area contributed by atoms with Crippen LogP contribution in [0.15, 0.2) is 30.3 Å². The second kappa shape index (κ2) is 3.55. The predicted molar refractivity (Wildman–Crippen MR) is 52.8 cm³/mol. The van der Waals surface area contributed by atoms with Gasteiger partial charge in [-0.2, -0.15) is 0 Å². The van der Waals surface area contributed by atoms with E-state index < -0.39 is 6.36 Å². The van der Waals surface area contributed by atoms with Gasteiger partial charge in [-0.05, 0) is 24.3 Å². The quantitative estimate of drug-likeness (QED) is 0.816. The van der Waals surface area contributed by atoms with Gasteiger partial charge in [0.15, 0.2) is 0 Å². The van der Waals surface area contributed by atoms with Gasteiger partial charge in [0.25, 0.3) is 0 Å². The highest BCUT2D eigenvalue weighted by Crippen LogP contribution is 2.25. The lowest BCUT2D eigenvalue weighted by Crippen LogP contribution is -2.17. The maximum Gasteiger partial charge on any atom is 0.573 e. The van der Waals surface area contributed by atoms with Crippen LogP contribution in [-0.4, -0.2) is 11.3 Å². The molecule has 16 heavy (non-hydrogen) atoms. The highest BCUT2D eigenvalue weighted by Gasteiger charge is 2.31. The molecule has 0 aliphatic heterocycles. The summed E-state index contributed by atoms with van der Waals surface area (Å²) in [7, 11) is 0. The van der Waals surface area contributed by atoms with Crippen LogP contribution in [0.4, 0.5) is 19.0 Å². The van der Waals surface area contributed by atoms with Crippen LogP contribution < -0.4 is 10.5 Å². The third-order valence-corrected chi connectivity index (χ3v) is 1.92. The average molecular weight is 228 g/mol. The van der Waals surface area contributed by atoms with Gasteiger partial charge in [-0.1, -0.05) is 0 Å². The number of nitrogens with two attached hydrogens (primary N) is 1. The fourth-order valence-electron chi connectivity index (χ4n) is 1.31. The first-order chi connectivity index (χ1) is 7.44. The fourth-order valence-corrected chi connectivity index (χ4v) is 1.31. The molecule has 2 rings (SSSR count). The average Bonchev–Trinajstić information content (AvgIpc) is 2.14. The smallest absolute Gasteiger partial charge is 0.406 e. The summed E-state index contributed by atoms with van der Waals surface area (Å²) in [6, 6.07) is 7.16. The van der Waals surface area contributed by atoms with Crippen molar-refractivity contribution in [3.8, 4) is 5.75 Å². The number of alkyl halides is 3. The van der Waals surface area contributed by atoms with E-state index in [9.17, 15) is 13.2 Å². The number of fused-ring (bicyclic) bond motifs is 1. The summed E-state index contributed by atoms with van der Waals surface area (Å²) in [5, 5.41) is 0.698. The van der Waals surface area contributed by atoms with E-state index in [4.69, 9.17) is 5.73 Å². The summed E-state index contributed by atoms with van der Waals surface area (Å²) in [6.45, 7) is 0. The number of nitrogens with zero attached hydrogens (tertiary/aromatic N) is 1. The number of anilines is 1. The molecule has 1 aromatic heterocycles. The molecule has 3 nitrogen and oxygen atoms in total. The van der Waals surface area contributed by atoms with Crippen molar-refractivity contribution in [2.75, 3.05) is 5.73 Å². The van der Waals surface area contributed by atoms with Gasteiger partial charge >= 0.3 is 6.36 Å². The number of aromatic nitrogens is 1. The molecule has 84 valence electrons. The summed E-state index contributed by atoms with van der Waals surface area (Å²) >= 11 is 0. The third kappa shape index (κ3) is 2.33. The fraction of sp³-hybridized carbons (Fsp3) is 0.100. The summed E-state index contributed by atoms with van der Waals surface area (Å²) < 4.78 is 39.6. The Morgan fingerprint density at radius 1 is 1.12 bits per heavy atom. The van der Waals surface area contributed by atoms with E-state index >= 15 is 0 Å². The standard InChI is InChI=1S/C10H7F3N2O/c11-10(12,13)16-7-3-1-6-2-4-9(14)15-8(6)5-7/h1-5H,(H2,14,15). The topological polar surface area (TPSA) is 48.1 Å². The van der Waals surface area contributed by atoms with Gasteiger partial charge < -0.3 is 10.5 Å². The molecule has 0 radical (unpaired) electrons. The Hall–Kier alpha value is -1.98. The van der Waals surface area contributed by atoms with Crippen molar-refractivity contribution in [3.05, 3.63) is 30.3 Å². The minimum Gasteiger partial charge on any atom is -0.406 e. The minimum absolute atomic E-state index is 0.247. The maximum atomic E-state index is 12.0. The lowest BCUT2D eigenvalue weighted by Gasteiger charge is -2.09. The molecule has 2 aromatic rings. The molecule has 0 aliphatic rings. The molecule has 1 heterocycles. The molecule has 0 spiro atoms. The van der Waals surface area contributed by atoms with E-state index in [-0.39, 0.29) is 11.6 Å². The number of halogens is 3. The lowest BCUT2D eigenvalue weighted by molar-refractivity contribution is -0.274. The van der Waals surface area contributed by atoms with Crippen molar-refractivity contribution in [1.82, 2.24) is 4.98 Å². The van der Waals surface area contributed by atoms with Crippen LogP contribution in [0.3, 0.4) is 0 Å². The molecule has 0 aliphatic carbocycles. The van der Waals surface area contributed by atoms with Crippen molar-refractivity contribution in [1.29, 1.82) is 0 Å². The Balaban J connectivity index is 2.43. The van der Waals surface area contributed by atoms with Crippen LogP contribution in [0.2, 0.25) is 0 Å². The summed E-state index contributed by atoms with van der Waals surface area (Å²) in [6.07, 6.45) is -4.70. The first-order valence-electron chi connectivity index (χ1n) is 4.36. The lowest BCUT2D eigenvalue weighted by atomic mass is 10.2. The molecular formula is C10H7F3N2O. The Kier molecular flexibility index (Phi) is 2.34. The first kappa shape index (κ1) is 10.5. The number of rotatable bonds is 1. The molecule has 0 unspecified atom stereocenters. The molecule has 2 N–H and O–H groups in total. The summed E-state index contributed by atoms with van der Waals surface area (Å²) in [5.74, 6) is -0.0604. The molecule has 6 heteroatoms. The predicted octanol–water partition coefficient (Wildman–Crippen LogP) is 2.72. The van der Waals surface area contributed by atoms with E-state index in [0.717, 1.165) is 0 Å². The van der Waals surface area contributed by atoms with Crippen molar-refractivity contribution >= 4 is 16.7 Å². The second-order valence-electron chi connectivity index (χ2n) is 3.14. The normalized spacial score (nSPS) is 11.7. The zero-order valence-electron chi connectivity index (χ0n) is 7.95. The van der Waals surface area contributed by atoms with Crippen LogP contribution >= 0.6 is 0 Å². The highest BCUT2D eigenvalue weighted by molar-refractivity contribution is 5.81. The van der Waals surface area contributed by atoms with Crippen molar-refractivity contribution in [2.24, 2.45) is 0 Å². The van der Waals surface area contributed by atoms with Crippen LogP contribution in [0.1, 0.15) is 0 Å². The van der Waals surface area contributed by atoms with Crippen LogP contribution in [0.5, 0.6) is 5.75 Å². The van der Waals surface area contributed by atoms with Crippen molar-refractivity contribution in [3.63, 3.8) is 0 Å². The molecule has 0 saturated carbocycles. The Morgan fingerprint density at radius 3 is 2.50 bits per heavy atom. The Bertz CT molecular complexity index is 525. The monoisotopic (exact) mass is 228 g/mol. The van der Waals surface area contributed by atoms with Crippen LogP contribution in [-0.2, 0) is 0 Å². The van der Waals surface area contributed by atoms with Crippen LogP contribution in [0, 0.1) is 0 Å². The largest absolute Gasteiger partial charge is 0.573 e. The van der Waals surface area contributed by atoms with E-state index in [1.54, 1.807) is 12.1 Å². The zero-order chi connectivity index (χ0) is 11.8. The van der Waals surface area contributed by atoms with E-state index in [1.165, 1.54) is 18.2 Å². The van der Waals surface area contributed by atoms with Crippen molar-refractivity contribution < 1.29 is 17.9 Å². The number of nitrogen functional groups attached to an aromatic ring is 1. The molecule has 0 atom stereocenters. The van der Waals surface area contributed by atoms with Gasteiger partial charge in [0.1, 0.15) is 11.6 Å². The van der Waals surface area contributed by atoms with Gasteiger partial charge in [-0.25, -0.2) is 4.98 Å². The number of ether oxygens (including phenoxy) is 1. The Morgan fingerprint density at radius 2 is 1.81 bits per heavy atom. The van der Waals surface area contributed by atoms with Gasteiger partial charge in [0, 0.05) is 11.5 Å². The van der Waals surface area contributed by atoms with Crippen molar-refractivity contribution in [2.45, 2.75) is 6.36 Å². The molecule has 0 bridgehead atoms. The number of benzene rings is 1. The van der Waals surface area contributed by atoms with E-state index in [1.807, 2.05) is 0 Å². The zero-order valence-corrected chi connectivity index (χ0v) is 7.95. The maximum absolute atomic E-state index is 12.0. The summed E-state index contributed by atoms with van der Waals surface area (Å²) in [4.78, 5) is 3.90. The second-order valence-corrected chi connectivity index (χ2v) is 3.14. The first-order valence-corrected chi connectivity index (χ1v) is 4.36. The molecule has 1 aromatic carbocycles. The molecular weight excluding hydrogens is 221 g/mol. The number of pyridine rings is 1. The van der Waals surface area contributed by atoms with E-state index in [0.29, 0.717) is 10.9 Å². The third-order valence-electron chi connectivity index (χ3n) is 1.92. The van der Waals surface area contributed by atoms with Gasteiger partial charge in [0.2, 0.25) is 0 Å². The van der Waals surface area contributed by atoms with Gasteiger partial charge in [-0.15, -0.1) is 13.2 Å². The van der Waals surface area contributed by atoms with E-state index in [2.05, 4.69) is 9.72 Å². The summed E-state index contributed by atoms with van der Waals surface area (Å²) in [5.41, 5.74) is 5.79.